The average Bonchev–Trinajstić information content (AvgIpc) is 2.93. The van der Waals surface area contributed by atoms with Gasteiger partial charge >= 0.3 is 35.8 Å². The molecule has 18 nitrogen and oxygen atoms in total. The summed E-state index contributed by atoms with van der Waals surface area (Å²) in [6.45, 7) is 6.52. The van der Waals surface area contributed by atoms with E-state index >= 15 is 0 Å². The number of carbonyl (C=O) groups excluding carboxylic acids is 6. The molecule has 10 atom stereocenters. The molecule has 2 N–H and O–H groups in total. The molecule has 2 heterocycles. The highest BCUT2D eigenvalue weighted by Crippen LogP contribution is 2.30. The van der Waals surface area contributed by atoms with Gasteiger partial charge in [-0.3, -0.25) is 28.8 Å². The van der Waals surface area contributed by atoms with Crippen molar-refractivity contribution in [3.8, 4) is 0 Å². The van der Waals surface area contributed by atoms with Crippen molar-refractivity contribution in [1.29, 1.82) is 0 Å². The van der Waals surface area contributed by atoms with Crippen molar-refractivity contribution >= 4 is 53.1 Å². The number of esters is 6. The third-order valence-corrected chi connectivity index (χ3v) is 6.68. The van der Waals surface area contributed by atoms with Crippen LogP contribution in [-0.2, 0) is 76.1 Å². The molecule has 0 spiro atoms. The number of rotatable bonds is 12. The third kappa shape index (κ3) is 11.3. The number of thiocarbonyl (C=S) groups is 1. The predicted octanol–water partition coefficient (Wildman–Crippen LogP) is -1.22. The number of methoxy groups -OCH3 is 2. The molecule has 2 saturated heterocycles. The Kier molecular flexibility index (Phi) is 15.0. The van der Waals surface area contributed by atoms with Crippen LogP contribution in [0.4, 0.5) is 0 Å². The SMILES string of the molecule is CO[C@H]1O[C@H](CNC(=S)NC[C@H]2O[C@H](OC)[C@@H](OC(C)=O)[C@@H](OC(C)=O)[C@@H]2OC(C)=O)[C@@H](OC(C)=O)[C@H](OC(C)=O)[C@@H]1OC(C)=O. The Morgan fingerprint density at radius 2 is 0.761 bits per heavy atom. The molecule has 0 aromatic heterocycles. The average molecular weight is 681 g/mol. The third-order valence-electron chi connectivity index (χ3n) is 6.39. The zero-order chi connectivity index (χ0) is 34.7. The van der Waals surface area contributed by atoms with Gasteiger partial charge in [-0.2, -0.15) is 0 Å². The molecule has 0 bridgehead atoms. The summed E-state index contributed by atoms with van der Waals surface area (Å²) in [6, 6.07) is 0. The summed E-state index contributed by atoms with van der Waals surface area (Å²) < 4.78 is 54.6. The number of ether oxygens (including phenoxy) is 10. The number of carbonyl (C=O) groups is 6. The van der Waals surface area contributed by atoms with Gasteiger partial charge in [0.2, 0.25) is 0 Å². The van der Waals surface area contributed by atoms with E-state index in [1.165, 1.54) is 14.2 Å². The predicted molar refractivity (Wildman–Crippen MR) is 153 cm³/mol. The second-order valence-electron chi connectivity index (χ2n) is 10.1. The summed E-state index contributed by atoms with van der Waals surface area (Å²) in [5.41, 5.74) is 0. The first kappa shape index (κ1) is 38.5. The van der Waals surface area contributed by atoms with E-state index < -0.39 is 97.2 Å². The molecule has 2 fully saturated rings. The number of nitrogens with one attached hydrogen (secondary N) is 2. The van der Waals surface area contributed by atoms with Gasteiger partial charge in [0.05, 0.1) is 0 Å². The molecular weight excluding hydrogens is 640 g/mol. The van der Waals surface area contributed by atoms with E-state index in [4.69, 9.17) is 59.6 Å². The van der Waals surface area contributed by atoms with Crippen LogP contribution < -0.4 is 10.6 Å². The van der Waals surface area contributed by atoms with Crippen LogP contribution in [0.25, 0.3) is 0 Å². The lowest BCUT2D eigenvalue weighted by Gasteiger charge is -2.44. The number of hydrogen-bond acceptors (Lipinski definition) is 17. The molecule has 0 amide bonds. The van der Waals surface area contributed by atoms with Crippen molar-refractivity contribution < 1.29 is 76.1 Å². The fraction of sp³-hybridized carbons (Fsp3) is 0.741. The minimum absolute atomic E-state index is 0.00979. The van der Waals surface area contributed by atoms with Crippen LogP contribution >= 0.6 is 12.2 Å². The quantitative estimate of drug-likeness (QED) is 0.140. The molecule has 46 heavy (non-hydrogen) atoms. The topological polar surface area (TPSA) is 219 Å². The standard InChI is InChI=1S/C27H40N2O16S/c1-11(30)38-19-17(44-25(36-7)23(42-15(5)34)21(19)40-13(3)32)9-28-27(46)29-10-18-20(39-12(2)31)22(41-14(4)33)24(43-16(6)35)26(37-8)45-18/h17-26H,9-10H2,1-8H3,(H2,28,29,46)/t17-,18-,19-,20-,21+,22+,23+,24+,25+,26+/m1/s1. The van der Waals surface area contributed by atoms with Gasteiger partial charge in [-0.05, 0) is 12.2 Å². The Morgan fingerprint density at radius 3 is 1.02 bits per heavy atom. The number of hydrogen-bond donors (Lipinski definition) is 2. The van der Waals surface area contributed by atoms with E-state index in [2.05, 4.69) is 10.6 Å². The minimum atomic E-state index is -1.30. The molecule has 0 saturated carbocycles. The maximum absolute atomic E-state index is 12.0. The smallest absolute Gasteiger partial charge is 0.303 e. The molecule has 0 unspecified atom stereocenters. The Hall–Kier alpha value is -3.65. The second kappa shape index (κ2) is 17.9. The van der Waals surface area contributed by atoms with E-state index in [1.807, 2.05) is 0 Å². The van der Waals surface area contributed by atoms with Crippen LogP contribution in [0.5, 0.6) is 0 Å². The van der Waals surface area contributed by atoms with Crippen LogP contribution in [-0.4, -0.2) is 130 Å². The van der Waals surface area contributed by atoms with Crippen molar-refractivity contribution in [1.82, 2.24) is 10.6 Å². The monoisotopic (exact) mass is 680 g/mol. The fourth-order valence-electron chi connectivity index (χ4n) is 4.87. The first-order valence-electron chi connectivity index (χ1n) is 14.0. The van der Waals surface area contributed by atoms with Crippen molar-refractivity contribution in [3.63, 3.8) is 0 Å². The molecule has 19 heteroatoms. The van der Waals surface area contributed by atoms with Crippen molar-refractivity contribution in [2.45, 2.75) is 103 Å². The van der Waals surface area contributed by atoms with Crippen LogP contribution in [0.3, 0.4) is 0 Å². The highest BCUT2D eigenvalue weighted by molar-refractivity contribution is 7.80. The maximum atomic E-state index is 12.0. The first-order valence-corrected chi connectivity index (χ1v) is 14.4. The molecule has 0 aromatic carbocycles. The van der Waals surface area contributed by atoms with Crippen molar-refractivity contribution in [2.75, 3.05) is 27.3 Å². The largest absolute Gasteiger partial charge is 0.456 e. The molecule has 0 radical (unpaired) electrons. The lowest BCUT2D eigenvalue weighted by molar-refractivity contribution is -0.296. The summed E-state index contributed by atoms with van der Waals surface area (Å²) in [5.74, 6) is -4.40. The van der Waals surface area contributed by atoms with E-state index in [0.717, 1.165) is 41.5 Å². The lowest BCUT2D eigenvalue weighted by Crippen LogP contribution is -2.64. The zero-order valence-corrected chi connectivity index (χ0v) is 27.4. The summed E-state index contributed by atoms with van der Waals surface area (Å²) in [5, 5.41) is 5.77. The van der Waals surface area contributed by atoms with E-state index in [9.17, 15) is 28.8 Å². The van der Waals surface area contributed by atoms with Gasteiger partial charge in [-0.15, -0.1) is 0 Å². The Labute approximate surface area is 270 Å². The zero-order valence-electron chi connectivity index (χ0n) is 26.6. The van der Waals surface area contributed by atoms with Gasteiger partial charge in [-0.1, -0.05) is 0 Å². The van der Waals surface area contributed by atoms with Gasteiger partial charge < -0.3 is 58.0 Å². The summed E-state index contributed by atoms with van der Waals surface area (Å²) in [4.78, 5) is 71.4. The normalized spacial score (nSPS) is 30.5. The van der Waals surface area contributed by atoms with Gasteiger partial charge in [0.15, 0.2) is 54.3 Å². The van der Waals surface area contributed by atoms with Gasteiger partial charge in [0.1, 0.15) is 12.2 Å². The van der Waals surface area contributed by atoms with Crippen LogP contribution in [0.1, 0.15) is 41.5 Å². The lowest BCUT2D eigenvalue weighted by atomic mass is 9.97. The first-order chi connectivity index (χ1) is 21.6. The second-order valence-corrected chi connectivity index (χ2v) is 10.5. The van der Waals surface area contributed by atoms with Gasteiger partial charge in [0, 0.05) is 68.9 Å². The van der Waals surface area contributed by atoms with Crippen molar-refractivity contribution in [3.05, 3.63) is 0 Å². The van der Waals surface area contributed by atoms with E-state index in [0.29, 0.717) is 0 Å². The van der Waals surface area contributed by atoms with Crippen LogP contribution in [0.2, 0.25) is 0 Å². The summed E-state index contributed by atoms with van der Waals surface area (Å²) in [7, 11) is 2.56. The molecule has 0 aliphatic carbocycles. The fourth-order valence-corrected chi connectivity index (χ4v) is 5.03. The maximum Gasteiger partial charge on any atom is 0.303 e. The Balaban J connectivity index is 2.23. The molecule has 260 valence electrons. The van der Waals surface area contributed by atoms with Crippen LogP contribution in [0.15, 0.2) is 0 Å². The Morgan fingerprint density at radius 1 is 0.500 bits per heavy atom. The van der Waals surface area contributed by atoms with Crippen LogP contribution in [0, 0.1) is 0 Å². The highest BCUT2D eigenvalue weighted by Gasteiger charge is 2.53. The Bertz CT molecular complexity index is 1050. The summed E-state index contributed by atoms with van der Waals surface area (Å²) in [6.07, 6.45) is -12.2. The molecule has 2 rings (SSSR count). The summed E-state index contributed by atoms with van der Waals surface area (Å²) >= 11 is 5.40. The molecular formula is C27H40N2O16S. The van der Waals surface area contributed by atoms with Crippen molar-refractivity contribution in [2.24, 2.45) is 0 Å². The minimum Gasteiger partial charge on any atom is -0.456 e. The molecule has 0 aromatic rings. The van der Waals surface area contributed by atoms with E-state index in [-0.39, 0.29) is 18.2 Å². The van der Waals surface area contributed by atoms with E-state index in [1.54, 1.807) is 0 Å². The molecule has 2 aliphatic heterocycles. The molecule has 2 aliphatic rings. The highest BCUT2D eigenvalue weighted by atomic mass is 32.1. The van der Waals surface area contributed by atoms with Gasteiger partial charge in [-0.25, -0.2) is 0 Å². The van der Waals surface area contributed by atoms with Gasteiger partial charge in [0.25, 0.3) is 0 Å².